The first kappa shape index (κ1) is 32.1. The topological polar surface area (TPSA) is 191 Å². The lowest BCUT2D eigenvalue weighted by molar-refractivity contribution is -0.145. The highest BCUT2D eigenvalue weighted by atomic mass is 16.4. The molecule has 0 unspecified atom stereocenters. The van der Waals surface area contributed by atoms with Crippen LogP contribution in [0.4, 0.5) is 0 Å². The smallest absolute Gasteiger partial charge is 0.326 e. The normalized spacial score (nSPS) is 17.0. The van der Waals surface area contributed by atoms with E-state index in [1.807, 2.05) is 6.07 Å². The number of carboxylic acids is 1. The van der Waals surface area contributed by atoms with E-state index in [2.05, 4.69) is 16.0 Å². The van der Waals surface area contributed by atoms with Crippen molar-refractivity contribution < 1.29 is 34.2 Å². The number of carbonyl (C=O) groups is 5. The maximum Gasteiger partial charge on any atom is 0.326 e. The van der Waals surface area contributed by atoms with Gasteiger partial charge in [-0.15, -0.1) is 0 Å². The van der Waals surface area contributed by atoms with Gasteiger partial charge in [-0.05, 0) is 56.9 Å². The summed E-state index contributed by atoms with van der Waals surface area (Å²) < 4.78 is 0. The molecule has 1 fully saturated rings. The van der Waals surface area contributed by atoms with E-state index in [-0.39, 0.29) is 25.1 Å². The van der Waals surface area contributed by atoms with Gasteiger partial charge in [-0.3, -0.25) is 19.2 Å². The van der Waals surface area contributed by atoms with Crippen LogP contribution in [-0.4, -0.2) is 81.0 Å². The predicted octanol–water partition coefficient (Wildman–Crippen LogP) is 0.465. The number of phenols is 1. The van der Waals surface area contributed by atoms with E-state index in [1.54, 1.807) is 36.4 Å². The Bertz CT molecular complexity index is 1280. The van der Waals surface area contributed by atoms with Crippen LogP contribution in [0, 0.1) is 0 Å². The highest BCUT2D eigenvalue weighted by molar-refractivity contribution is 5.97. The zero-order valence-corrected chi connectivity index (χ0v) is 24.0. The summed E-state index contributed by atoms with van der Waals surface area (Å²) in [6, 6.07) is 10.8. The first-order valence-electron chi connectivity index (χ1n) is 13.8. The molecule has 0 spiro atoms. The van der Waals surface area contributed by atoms with Crippen molar-refractivity contribution in [3.05, 3.63) is 65.7 Å². The molecular weight excluding hydrogens is 542 g/mol. The molecule has 1 heterocycles. The van der Waals surface area contributed by atoms with E-state index in [9.17, 15) is 34.2 Å². The van der Waals surface area contributed by atoms with Crippen molar-refractivity contribution in [3.63, 3.8) is 0 Å². The summed E-state index contributed by atoms with van der Waals surface area (Å²) in [5.74, 6) is -3.45. The van der Waals surface area contributed by atoms with Crippen LogP contribution >= 0.6 is 0 Å². The number of benzene rings is 2. The average molecular weight is 582 g/mol. The maximum atomic E-state index is 13.5. The summed E-state index contributed by atoms with van der Waals surface area (Å²) in [6.07, 6.45) is 0.943. The molecule has 42 heavy (non-hydrogen) atoms. The van der Waals surface area contributed by atoms with Gasteiger partial charge in [-0.1, -0.05) is 42.5 Å². The molecule has 7 N–H and O–H groups in total. The van der Waals surface area contributed by atoms with Gasteiger partial charge < -0.3 is 36.8 Å². The molecule has 1 saturated heterocycles. The van der Waals surface area contributed by atoms with Crippen molar-refractivity contribution in [1.82, 2.24) is 20.9 Å². The Labute approximate surface area is 244 Å². The van der Waals surface area contributed by atoms with Crippen molar-refractivity contribution in [2.75, 3.05) is 6.54 Å². The quantitative estimate of drug-likeness (QED) is 0.208. The van der Waals surface area contributed by atoms with Crippen LogP contribution in [0.1, 0.15) is 44.7 Å². The predicted molar refractivity (Wildman–Crippen MR) is 154 cm³/mol. The molecule has 2 aromatic rings. The molecule has 0 aromatic heterocycles. The number of rotatable bonds is 12. The van der Waals surface area contributed by atoms with E-state index < -0.39 is 59.3 Å². The van der Waals surface area contributed by atoms with E-state index in [0.717, 1.165) is 5.56 Å². The first-order valence-corrected chi connectivity index (χ1v) is 13.8. The van der Waals surface area contributed by atoms with Gasteiger partial charge >= 0.3 is 5.97 Å². The highest BCUT2D eigenvalue weighted by Gasteiger charge is 2.42. The number of likely N-dealkylation sites (tertiary alicyclic amines) is 1. The van der Waals surface area contributed by atoms with Gasteiger partial charge in [0, 0.05) is 19.4 Å². The van der Waals surface area contributed by atoms with Crippen LogP contribution in [0.3, 0.4) is 0 Å². The number of carboxylic acid groups (broad SMARTS) is 1. The lowest BCUT2D eigenvalue weighted by Gasteiger charge is -2.34. The molecule has 12 nitrogen and oxygen atoms in total. The van der Waals surface area contributed by atoms with Crippen LogP contribution < -0.4 is 21.7 Å². The second-order valence-electron chi connectivity index (χ2n) is 11.1. The molecule has 1 aliphatic rings. The number of aliphatic carboxylic acids is 1. The second-order valence-corrected chi connectivity index (χ2v) is 11.1. The monoisotopic (exact) mass is 581 g/mol. The third-order valence-corrected chi connectivity index (χ3v) is 7.11. The molecule has 12 heteroatoms. The molecule has 0 radical (unpaired) electrons. The van der Waals surface area contributed by atoms with Crippen LogP contribution in [0.2, 0.25) is 0 Å². The van der Waals surface area contributed by atoms with Gasteiger partial charge in [-0.2, -0.15) is 0 Å². The number of amides is 4. The van der Waals surface area contributed by atoms with E-state index in [1.165, 1.54) is 37.8 Å². The Morgan fingerprint density at radius 3 is 2.12 bits per heavy atom. The van der Waals surface area contributed by atoms with Crippen molar-refractivity contribution in [2.45, 2.75) is 76.2 Å². The number of aromatic hydroxyl groups is 1. The van der Waals surface area contributed by atoms with Gasteiger partial charge in [0.2, 0.25) is 23.6 Å². The summed E-state index contributed by atoms with van der Waals surface area (Å²) in [4.78, 5) is 66.0. The van der Waals surface area contributed by atoms with Gasteiger partial charge in [0.25, 0.3) is 0 Å². The highest BCUT2D eigenvalue weighted by Crippen LogP contribution is 2.22. The maximum absolute atomic E-state index is 13.5. The number of hydrogen-bond donors (Lipinski definition) is 6. The number of carbonyl (C=O) groups excluding carboxylic acids is 4. The number of nitrogens with one attached hydrogen (secondary N) is 3. The molecule has 226 valence electrons. The minimum absolute atomic E-state index is 0.0273. The SMILES string of the molecule is C[C@H](N)C(=O)NC(C)(C)C(=O)N1CCC[C@H]1C(=O)N[C@@H](Cc1ccccc1)C(=O)N[C@@H](Cc1ccc(O)cc1)C(=O)O. The zero-order valence-electron chi connectivity index (χ0n) is 24.0. The van der Waals surface area contributed by atoms with Gasteiger partial charge in [-0.25, -0.2) is 4.79 Å². The van der Waals surface area contributed by atoms with Gasteiger partial charge in [0.15, 0.2) is 0 Å². The number of nitrogens with two attached hydrogens (primary N) is 1. The van der Waals surface area contributed by atoms with Gasteiger partial charge in [0.1, 0.15) is 29.4 Å². The Hall–Kier alpha value is -4.45. The number of nitrogens with zero attached hydrogens (tertiary/aromatic N) is 1. The number of phenolic OH excluding ortho intramolecular Hbond substituents is 1. The Morgan fingerprint density at radius 1 is 0.929 bits per heavy atom. The Morgan fingerprint density at radius 2 is 1.52 bits per heavy atom. The van der Waals surface area contributed by atoms with E-state index in [0.29, 0.717) is 18.4 Å². The minimum atomic E-state index is -1.32. The molecule has 2 aromatic carbocycles. The van der Waals surface area contributed by atoms with Crippen molar-refractivity contribution >= 4 is 29.6 Å². The summed E-state index contributed by atoms with van der Waals surface area (Å²) in [5, 5.41) is 27.2. The standard InChI is InChI=1S/C30H39N5O7/c1-18(31)25(37)34-30(2,3)29(42)35-15-7-10-24(35)27(39)32-22(16-19-8-5-4-6-9-19)26(38)33-23(28(40)41)17-20-11-13-21(36)14-12-20/h4-6,8-9,11-14,18,22-24,36H,7,10,15-17,31H2,1-3H3,(H,32,39)(H,33,38)(H,34,37)(H,40,41)/t18-,22-,23-,24-/m0/s1. The first-order chi connectivity index (χ1) is 19.8. The molecule has 0 saturated carbocycles. The summed E-state index contributed by atoms with van der Waals surface area (Å²) in [5.41, 5.74) is 5.64. The fourth-order valence-corrected chi connectivity index (χ4v) is 4.78. The zero-order chi connectivity index (χ0) is 31.0. The molecule has 0 aliphatic carbocycles. The number of hydrogen-bond acceptors (Lipinski definition) is 7. The summed E-state index contributed by atoms with van der Waals surface area (Å²) in [6.45, 7) is 4.86. The van der Waals surface area contributed by atoms with Gasteiger partial charge in [0.05, 0.1) is 6.04 Å². The van der Waals surface area contributed by atoms with Crippen molar-refractivity contribution in [3.8, 4) is 5.75 Å². The van der Waals surface area contributed by atoms with Crippen LogP contribution in [0.15, 0.2) is 54.6 Å². The fourth-order valence-electron chi connectivity index (χ4n) is 4.78. The second kappa shape index (κ2) is 13.9. The molecule has 3 rings (SSSR count). The van der Waals surface area contributed by atoms with Crippen molar-refractivity contribution in [2.24, 2.45) is 5.73 Å². The summed E-state index contributed by atoms with van der Waals surface area (Å²) >= 11 is 0. The third kappa shape index (κ3) is 8.53. The van der Waals surface area contributed by atoms with E-state index in [4.69, 9.17) is 5.73 Å². The third-order valence-electron chi connectivity index (χ3n) is 7.11. The Balaban J connectivity index is 1.78. The Kier molecular flexibility index (Phi) is 10.6. The van der Waals surface area contributed by atoms with Crippen LogP contribution in [0.25, 0.3) is 0 Å². The summed E-state index contributed by atoms with van der Waals surface area (Å²) in [7, 11) is 0. The molecule has 1 aliphatic heterocycles. The molecule has 0 bridgehead atoms. The van der Waals surface area contributed by atoms with Crippen LogP contribution in [0.5, 0.6) is 5.75 Å². The molecule has 4 atom stereocenters. The van der Waals surface area contributed by atoms with Crippen molar-refractivity contribution in [1.29, 1.82) is 0 Å². The lowest BCUT2D eigenvalue weighted by atomic mass is 10.0. The van der Waals surface area contributed by atoms with Crippen LogP contribution in [-0.2, 0) is 36.8 Å². The minimum Gasteiger partial charge on any atom is -0.508 e. The largest absolute Gasteiger partial charge is 0.508 e. The molecule has 4 amide bonds. The van der Waals surface area contributed by atoms with E-state index >= 15 is 0 Å². The fraction of sp³-hybridized carbons (Fsp3) is 0.433. The molecular formula is C30H39N5O7. The lowest BCUT2D eigenvalue weighted by Crippen LogP contribution is -2.61. The average Bonchev–Trinajstić information content (AvgIpc) is 3.43.